The second kappa shape index (κ2) is 8.61. The van der Waals surface area contributed by atoms with Gasteiger partial charge in [-0.1, -0.05) is 11.6 Å². The van der Waals surface area contributed by atoms with Crippen LogP contribution in [0.4, 0.5) is 5.69 Å². The monoisotopic (exact) mass is 419 g/mol. The van der Waals surface area contributed by atoms with Gasteiger partial charge in [-0.15, -0.1) is 0 Å². The van der Waals surface area contributed by atoms with Crippen molar-refractivity contribution in [3.05, 3.63) is 53.1 Å². The van der Waals surface area contributed by atoms with Crippen LogP contribution in [0.15, 0.2) is 47.4 Å². The van der Waals surface area contributed by atoms with Crippen molar-refractivity contribution in [1.29, 1.82) is 5.26 Å². The summed E-state index contributed by atoms with van der Waals surface area (Å²) < 4.78 is 32.2. The summed E-state index contributed by atoms with van der Waals surface area (Å²) >= 11 is 6.10. The van der Waals surface area contributed by atoms with E-state index in [2.05, 4.69) is 5.32 Å². The van der Waals surface area contributed by atoms with Gasteiger partial charge in [-0.2, -0.15) is 9.57 Å². The second-order valence-corrected chi connectivity index (χ2v) is 8.54. The number of sulfonamides is 1. The summed E-state index contributed by atoms with van der Waals surface area (Å²) in [6, 6.07) is 12.7. The number of nitrogens with one attached hydrogen (secondary N) is 1. The highest BCUT2D eigenvalue weighted by Crippen LogP contribution is 2.29. The Hall–Kier alpha value is -2.60. The zero-order valence-electron chi connectivity index (χ0n) is 14.9. The van der Waals surface area contributed by atoms with Gasteiger partial charge in [0.2, 0.25) is 10.0 Å². The summed E-state index contributed by atoms with van der Waals surface area (Å²) in [7, 11) is -3.70. The zero-order chi connectivity index (χ0) is 20.1. The first-order valence-electron chi connectivity index (χ1n) is 8.62. The molecule has 1 saturated heterocycles. The number of anilines is 1. The van der Waals surface area contributed by atoms with Crippen molar-refractivity contribution in [3.63, 3.8) is 0 Å². The van der Waals surface area contributed by atoms with Crippen molar-refractivity contribution in [2.24, 2.45) is 0 Å². The van der Waals surface area contributed by atoms with Crippen LogP contribution in [-0.4, -0.2) is 38.3 Å². The van der Waals surface area contributed by atoms with E-state index in [9.17, 15) is 13.2 Å². The number of amides is 1. The second-order valence-electron chi connectivity index (χ2n) is 6.23. The first kappa shape index (κ1) is 20.1. The van der Waals surface area contributed by atoms with Gasteiger partial charge in [0.25, 0.3) is 5.91 Å². The minimum atomic E-state index is -3.70. The Labute approximate surface area is 168 Å². The fourth-order valence-electron chi connectivity index (χ4n) is 2.82. The van der Waals surface area contributed by atoms with Gasteiger partial charge < -0.3 is 10.1 Å². The standard InChI is InChI=1S/C19H18ClN3O4S/c20-17-8-5-15(11-18(17)28(25,26)23-9-1-2-10-23)22-19(24)13-27-16-6-3-14(12-21)4-7-16/h3-8,11H,1-2,9-10,13H2,(H,22,24). The third kappa shape index (κ3) is 4.62. The van der Waals surface area contributed by atoms with E-state index in [1.807, 2.05) is 6.07 Å². The molecule has 1 aliphatic heterocycles. The summed E-state index contributed by atoms with van der Waals surface area (Å²) in [5, 5.41) is 11.5. The number of hydrogen-bond acceptors (Lipinski definition) is 5. The minimum Gasteiger partial charge on any atom is -0.484 e. The fourth-order valence-corrected chi connectivity index (χ4v) is 4.84. The van der Waals surface area contributed by atoms with Gasteiger partial charge in [-0.3, -0.25) is 4.79 Å². The van der Waals surface area contributed by atoms with Crippen LogP contribution in [0.5, 0.6) is 5.75 Å². The Kier molecular flexibility index (Phi) is 6.19. The van der Waals surface area contributed by atoms with Crippen molar-refractivity contribution < 1.29 is 17.9 Å². The molecule has 0 radical (unpaired) electrons. The molecule has 1 heterocycles. The van der Waals surface area contributed by atoms with Gasteiger partial charge in [-0.05, 0) is 55.3 Å². The van der Waals surface area contributed by atoms with Crippen molar-refractivity contribution in [3.8, 4) is 11.8 Å². The lowest BCUT2D eigenvalue weighted by molar-refractivity contribution is -0.118. The Balaban J connectivity index is 1.67. The summed E-state index contributed by atoms with van der Waals surface area (Å²) in [6.45, 7) is 0.671. The maximum Gasteiger partial charge on any atom is 0.262 e. The van der Waals surface area contributed by atoms with Crippen LogP contribution in [-0.2, 0) is 14.8 Å². The van der Waals surface area contributed by atoms with E-state index >= 15 is 0 Å². The zero-order valence-corrected chi connectivity index (χ0v) is 16.5. The lowest BCUT2D eigenvalue weighted by atomic mass is 10.2. The van der Waals surface area contributed by atoms with E-state index in [0.717, 1.165) is 12.8 Å². The van der Waals surface area contributed by atoms with E-state index in [-0.39, 0.29) is 16.5 Å². The van der Waals surface area contributed by atoms with Gasteiger partial charge in [0.05, 0.1) is 16.7 Å². The number of hydrogen-bond donors (Lipinski definition) is 1. The molecule has 0 aromatic heterocycles. The molecule has 146 valence electrons. The van der Waals surface area contributed by atoms with E-state index in [0.29, 0.717) is 30.1 Å². The number of benzene rings is 2. The molecular formula is C19H18ClN3O4S. The van der Waals surface area contributed by atoms with E-state index in [1.54, 1.807) is 24.3 Å². The molecule has 0 saturated carbocycles. The predicted octanol–water partition coefficient (Wildman–Crippen LogP) is 3.01. The molecule has 2 aromatic rings. The highest BCUT2D eigenvalue weighted by Gasteiger charge is 2.29. The average Bonchev–Trinajstić information content (AvgIpc) is 3.24. The number of halogens is 1. The normalized spacial score (nSPS) is 14.4. The first-order valence-corrected chi connectivity index (χ1v) is 10.4. The molecule has 0 spiro atoms. The van der Waals surface area contributed by atoms with Crippen LogP contribution in [0.3, 0.4) is 0 Å². The summed E-state index contributed by atoms with van der Waals surface area (Å²) in [5.74, 6) is -0.00115. The fraction of sp³-hybridized carbons (Fsp3) is 0.263. The maximum atomic E-state index is 12.7. The first-order chi connectivity index (χ1) is 13.4. The Morgan fingerprint density at radius 2 is 1.86 bits per heavy atom. The smallest absolute Gasteiger partial charge is 0.262 e. The van der Waals surface area contributed by atoms with E-state index < -0.39 is 15.9 Å². The number of carbonyl (C=O) groups excluding carboxylic acids is 1. The Bertz CT molecular complexity index is 1010. The maximum absolute atomic E-state index is 12.7. The molecule has 1 aliphatic rings. The number of nitriles is 1. The molecule has 0 atom stereocenters. The summed E-state index contributed by atoms with van der Waals surface area (Å²) in [6.07, 6.45) is 1.64. The van der Waals surface area contributed by atoms with Crippen LogP contribution in [0, 0.1) is 11.3 Å². The van der Waals surface area contributed by atoms with Crippen molar-refractivity contribution in [2.45, 2.75) is 17.7 Å². The van der Waals surface area contributed by atoms with E-state index in [4.69, 9.17) is 21.6 Å². The van der Waals surface area contributed by atoms with Crippen molar-refractivity contribution in [2.75, 3.05) is 25.0 Å². The van der Waals surface area contributed by atoms with Crippen molar-refractivity contribution in [1.82, 2.24) is 4.31 Å². The molecule has 2 aromatic carbocycles. The molecule has 0 unspecified atom stereocenters. The molecule has 7 nitrogen and oxygen atoms in total. The molecule has 28 heavy (non-hydrogen) atoms. The van der Waals surface area contributed by atoms with Crippen LogP contribution < -0.4 is 10.1 Å². The van der Waals surface area contributed by atoms with Gasteiger partial charge >= 0.3 is 0 Å². The van der Waals surface area contributed by atoms with Crippen LogP contribution in [0.25, 0.3) is 0 Å². The molecule has 9 heteroatoms. The lowest BCUT2D eigenvalue weighted by Gasteiger charge is -2.17. The van der Waals surface area contributed by atoms with E-state index in [1.165, 1.54) is 22.5 Å². The quantitative estimate of drug-likeness (QED) is 0.775. The van der Waals surface area contributed by atoms with Crippen LogP contribution >= 0.6 is 11.6 Å². The third-order valence-corrected chi connectivity index (χ3v) is 6.63. The molecule has 0 bridgehead atoms. The topological polar surface area (TPSA) is 99.5 Å². The van der Waals surface area contributed by atoms with Crippen LogP contribution in [0.1, 0.15) is 18.4 Å². The highest BCUT2D eigenvalue weighted by molar-refractivity contribution is 7.89. The average molecular weight is 420 g/mol. The molecule has 0 aliphatic carbocycles. The molecule has 3 rings (SSSR count). The minimum absolute atomic E-state index is 0.0260. The Morgan fingerprint density at radius 3 is 2.50 bits per heavy atom. The summed E-state index contributed by atoms with van der Waals surface area (Å²) in [4.78, 5) is 12.1. The van der Waals surface area contributed by atoms with Gasteiger partial charge in [0.1, 0.15) is 10.6 Å². The highest BCUT2D eigenvalue weighted by atomic mass is 35.5. The lowest BCUT2D eigenvalue weighted by Crippen LogP contribution is -2.28. The Morgan fingerprint density at radius 1 is 1.18 bits per heavy atom. The number of carbonyl (C=O) groups is 1. The number of rotatable bonds is 6. The molecule has 1 fully saturated rings. The summed E-state index contributed by atoms with van der Waals surface area (Å²) in [5.41, 5.74) is 0.806. The largest absolute Gasteiger partial charge is 0.484 e. The van der Waals surface area contributed by atoms with Crippen LogP contribution in [0.2, 0.25) is 5.02 Å². The van der Waals surface area contributed by atoms with Gasteiger partial charge in [0, 0.05) is 18.8 Å². The number of nitrogens with zero attached hydrogens (tertiary/aromatic N) is 2. The van der Waals surface area contributed by atoms with Gasteiger partial charge in [-0.25, -0.2) is 8.42 Å². The van der Waals surface area contributed by atoms with Gasteiger partial charge in [0.15, 0.2) is 6.61 Å². The third-order valence-electron chi connectivity index (χ3n) is 4.25. The number of ether oxygens (including phenoxy) is 1. The SMILES string of the molecule is N#Cc1ccc(OCC(=O)Nc2ccc(Cl)c(S(=O)(=O)N3CCCC3)c2)cc1. The molecule has 1 N–H and O–H groups in total. The predicted molar refractivity (Wildman–Crippen MR) is 105 cm³/mol. The molecule has 1 amide bonds. The molecular weight excluding hydrogens is 402 g/mol. The van der Waals surface area contributed by atoms with Crippen molar-refractivity contribution >= 4 is 33.2 Å².